The lowest BCUT2D eigenvalue weighted by Gasteiger charge is -2.25. The summed E-state index contributed by atoms with van der Waals surface area (Å²) in [7, 11) is 1.65. The van der Waals surface area contributed by atoms with Gasteiger partial charge in [0.2, 0.25) is 5.91 Å². The molecular formula is C16H19FN4O2. The van der Waals surface area contributed by atoms with E-state index in [1.807, 2.05) is 6.07 Å². The van der Waals surface area contributed by atoms with Crippen LogP contribution in [0.15, 0.2) is 24.3 Å². The van der Waals surface area contributed by atoms with Crippen molar-refractivity contribution in [1.29, 1.82) is 0 Å². The van der Waals surface area contributed by atoms with Crippen LogP contribution in [0.3, 0.4) is 0 Å². The molecule has 0 unspecified atom stereocenters. The van der Waals surface area contributed by atoms with E-state index in [9.17, 15) is 14.0 Å². The average Bonchev–Trinajstić information content (AvgIpc) is 2.90. The van der Waals surface area contributed by atoms with E-state index < -0.39 is 6.04 Å². The molecule has 0 spiro atoms. The van der Waals surface area contributed by atoms with Crippen LogP contribution in [0.25, 0.3) is 10.9 Å². The highest BCUT2D eigenvalue weighted by Crippen LogP contribution is 2.17. The number of nitrogens with zero attached hydrogens (tertiary/aromatic N) is 1. The smallest absolute Gasteiger partial charge is 0.318 e. The topological polar surface area (TPSA) is 77.2 Å². The van der Waals surface area contributed by atoms with Crippen LogP contribution in [0, 0.1) is 5.82 Å². The molecule has 0 saturated carbocycles. The number of carbonyl (C=O) groups is 2. The largest absolute Gasteiger partial charge is 0.357 e. The van der Waals surface area contributed by atoms with Gasteiger partial charge >= 0.3 is 6.03 Å². The van der Waals surface area contributed by atoms with Crippen LogP contribution in [0.5, 0.6) is 0 Å². The second-order valence-corrected chi connectivity index (χ2v) is 5.82. The monoisotopic (exact) mass is 318 g/mol. The number of urea groups is 1. The van der Waals surface area contributed by atoms with Gasteiger partial charge in [0, 0.05) is 30.2 Å². The number of aromatic nitrogens is 1. The summed E-state index contributed by atoms with van der Waals surface area (Å²) in [6, 6.07) is 5.53. The van der Waals surface area contributed by atoms with Crippen LogP contribution in [0.1, 0.15) is 18.5 Å². The van der Waals surface area contributed by atoms with E-state index in [4.69, 9.17) is 0 Å². The molecule has 3 rings (SSSR count). The Balaban J connectivity index is 1.63. The van der Waals surface area contributed by atoms with Gasteiger partial charge < -0.3 is 20.5 Å². The van der Waals surface area contributed by atoms with Crippen molar-refractivity contribution in [2.45, 2.75) is 25.4 Å². The molecule has 3 N–H and O–H groups in total. The Kier molecular flexibility index (Phi) is 4.18. The van der Waals surface area contributed by atoms with Crippen molar-refractivity contribution in [2.75, 3.05) is 13.6 Å². The summed E-state index contributed by atoms with van der Waals surface area (Å²) in [4.78, 5) is 28.5. The number of rotatable bonds is 3. The molecule has 1 aliphatic rings. The van der Waals surface area contributed by atoms with Crippen molar-refractivity contribution in [3.63, 3.8) is 0 Å². The molecule has 1 saturated heterocycles. The molecule has 2 heterocycles. The van der Waals surface area contributed by atoms with Crippen LogP contribution >= 0.6 is 0 Å². The second kappa shape index (κ2) is 6.28. The van der Waals surface area contributed by atoms with Gasteiger partial charge in [-0.15, -0.1) is 0 Å². The Labute approximate surface area is 133 Å². The summed E-state index contributed by atoms with van der Waals surface area (Å²) >= 11 is 0. The highest BCUT2D eigenvalue weighted by Gasteiger charge is 2.24. The van der Waals surface area contributed by atoms with Gasteiger partial charge in [0.05, 0.1) is 6.54 Å². The van der Waals surface area contributed by atoms with Crippen LogP contribution in [0.4, 0.5) is 9.18 Å². The van der Waals surface area contributed by atoms with Crippen molar-refractivity contribution >= 4 is 22.8 Å². The van der Waals surface area contributed by atoms with E-state index in [-0.39, 0.29) is 17.8 Å². The first-order chi connectivity index (χ1) is 11.0. The number of amides is 3. The molecule has 2 aromatic rings. The predicted octanol–water partition coefficient (Wildman–Crippen LogP) is 1.73. The highest BCUT2D eigenvalue weighted by molar-refractivity contribution is 5.87. The van der Waals surface area contributed by atoms with Crippen LogP contribution in [-0.2, 0) is 11.3 Å². The minimum atomic E-state index is -0.476. The average molecular weight is 318 g/mol. The lowest BCUT2D eigenvalue weighted by Crippen LogP contribution is -2.52. The summed E-state index contributed by atoms with van der Waals surface area (Å²) in [5, 5.41) is 6.23. The third-order valence-electron chi connectivity index (χ3n) is 3.98. The van der Waals surface area contributed by atoms with Gasteiger partial charge in [0.15, 0.2) is 0 Å². The SMILES string of the molecule is CN(Cc1cc2cc(F)ccc2[nH]1)C(=O)N[C@@H]1CCCNC1=O. The summed E-state index contributed by atoms with van der Waals surface area (Å²) in [5.41, 5.74) is 1.62. The van der Waals surface area contributed by atoms with E-state index in [1.54, 1.807) is 13.1 Å². The number of hydrogen-bond acceptors (Lipinski definition) is 2. The number of halogens is 1. The lowest BCUT2D eigenvalue weighted by atomic mass is 10.1. The Morgan fingerprint density at radius 2 is 2.26 bits per heavy atom. The Hall–Kier alpha value is -2.57. The number of hydrogen-bond donors (Lipinski definition) is 3. The van der Waals surface area contributed by atoms with E-state index >= 15 is 0 Å². The summed E-state index contributed by atoms with van der Waals surface area (Å²) in [5.74, 6) is -0.434. The fourth-order valence-electron chi connectivity index (χ4n) is 2.75. The fraction of sp³-hybridized carbons (Fsp3) is 0.375. The highest BCUT2D eigenvalue weighted by atomic mass is 19.1. The van der Waals surface area contributed by atoms with E-state index in [0.717, 1.165) is 23.0 Å². The van der Waals surface area contributed by atoms with Gasteiger partial charge in [-0.1, -0.05) is 0 Å². The fourth-order valence-corrected chi connectivity index (χ4v) is 2.75. The number of H-pyrrole nitrogens is 1. The zero-order chi connectivity index (χ0) is 16.4. The van der Waals surface area contributed by atoms with E-state index in [0.29, 0.717) is 19.5 Å². The number of nitrogens with one attached hydrogen (secondary N) is 3. The molecular weight excluding hydrogens is 299 g/mol. The van der Waals surface area contributed by atoms with Gasteiger partial charge in [-0.25, -0.2) is 9.18 Å². The first kappa shape index (κ1) is 15.3. The minimum Gasteiger partial charge on any atom is -0.357 e. The number of aromatic amines is 1. The van der Waals surface area contributed by atoms with Crippen LogP contribution in [0.2, 0.25) is 0 Å². The first-order valence-corrected chi connectivity index (χ1v) is 7.59. The molecule has 122 valence electrons. The standard InChI is InChI=1S/C16H19FN4O2/c1-21(16(23)20-14-3-2-6-18-15(14)22)9-12-8-10-7-11(17)4-5-13(10)19-12/h4-5,7-8,14,19H,2-3,6,9H2,1H3,(H,18,22)(H,20,23)/t14-/m1/s1. The van der Waals surface area contributed by atoms with Gasteiger partial charge in [0.1, 0.15) is 11.9 Å². The van der Waals surface area contributed by atoms with Crippen LogP contribution in [-0.4, -0.2) is 41.5 Å². The molecule has 3 amide bonds. The normalized spacial score (nSPS) is 17.8. The molecule has 6 nitrogen and oxygen atoms in total. The van der Waals surface area contributed by atoms with Crippen LogP contribution < -0.4 is 10.6 Å². The van der Waals surface area contributed by atoms with Crippen molar-refractivity contribution in [3.05, 3.63) is 35.8 Å². The molecule has 0 radical (unpaired) electrons. The quantitative estimate of drug-likeness (QED) is 0.806. The predicted molar refractivity (Wildman–Crippen MR) is 84.3 cm³/mol. The summed E-state index contributed by atoms with van der Waals surface area (Å²) in [6.07, 6.45) is 1.51. The minimum absolute atomic E-state index is 0.140. The Morgan fingerprint density at radius 3 is 3.04 bits per heavy atom. The third-order valence-corrected chi connectivity index (χ3v) is 3.98. The third kappa shape index (κ3) is 3.44. The number of carbonyl (C=O) groups excluding carboxylic acids is 2. The van der Waals surface area contributed by atoms with Gasteiger partial charge in [-0.3, -0.25) is 4.79 Å². The zero-order valence-electron chi connectivity index (χ0n) is 12.9. The van der Waals surface area contributed by atoms with E-state index in [1.165, 1.54) is 17.0 Å². The maximum absolute atomic E-state index is 13.2. The first-order valence-electron chi connectivity index (χ1n) is 7.59. The molecule has 23 heavy (non-hydrogen) atoms. The maximum atomic E-state index is 13.2. The van der Waals surface area contributed by atoms with Gasteiger partial charge in [0.25, 0.3) is 0 Å². The lowest BCUT2D eigenvalue weighted by molar-refractivity contribution is -0.124. The number of fused-ring (bicyclic) bond motifs is 1. The van der Waals surface area contributed by atoms with Gasteiger partial charge in [-0.05, 0) is 37.1 Å². The maximum Gasteiger partial charge on any atom is 0.318 e. The Morgan fingerprint density at radius 1 is 1.43 bits per heavy atom. The van der Waals surface area contributed by atoms with E-state index in [2.05, 4.69) is 15.6 Å². The summed E-state index contributed by atoms with van der Waals surface area (Å²) < 4.78 is 13.2. The second-order valence-electron chi connectivity index (χ2n) is 5.82. The van der Waals surface area contributed by atoms with Crippen molar-refractivity contribution < 1.29 is 14.0 Å². The summed E-state index contributed by atoms with van der Waals surface area (Å²) in [6.45, 7) is 1.00. The molecule has 0 aliphatic carbocycles. The Bertz CT molecular complexity index is 743. The molecule has 1 fully saturated rings. The van der Waals surface area contributed by atoms with Gasteiger partial charge in [-0.2, -0.15) is 0 Å². The molecule has 1 aliphatic heterocycles. The van der Waals surface area contributed by atoms with Crippen molar-refractivity contribution in [1.82, 2.24) is 20.5 Å². The number of piperidine rings is 1. The molecule has 7 heteroatoms. The van der Waals surface area contributed by atoms with Crippen molar-refractivity contribution in [3.8, 4) is 0 Å². The number of benzene rings is 1. The van der Waals surface area contributed by atoms with Crippen molar-refractivity contribution in [2.24, 2.45) is 0 Å². The molecule has 1 aromatic carbocycles. The molecule has 0 bridgehead atoms. The zero-order valence-corrected chi connectivity index (χ0v) is 12.9. The molecule has 1 atom stereocenters. The molecule has 1 aromatic heterocycles.